The number of nitrogens with one attached hydrogen (secondary N) is 1. The molecular formula is C19H19NO3S2. The van der Waals surface area contributed by atoms with Gasteiger partial charge in [0.15, 0.2) is 11.5 Å². The van der Waals surface area contributed by atoms with E-state index < -0.39 is 0 Å². The molecule has 1 amide bonds. The van der Waals surface area contributed by atoms with Crippen LogP contribution in [0.1, 0.15) is 12.5 Å². The Morgan fingerprint density at radius 3 is 2.80 bits per heavy atom. The maximum absolute atomic E-state index is 11.8. The van der Waals surface area contributed by atoms with Crippen molar-refractivity contribution in [1.29, 1.82) is 0 Å². The number of phenols is 1. The molecule has 0 radical (unpaired) electrons. The first kappa shape index (κ1) is 17.8. The molecule has 0 unspecified atom stereocenters. The van der Waals surface area contributed by atoms with Crippen LogP contribution in [0.2, 0.25) is 0 Å². The monoisotopic (exact) mass is 373 g/mol. The van der Waals surface area contributed by atoms with E-state index in [0.717, 1.165) is 16.0 Å². The molecule has 0 atom stereocenters. The van der Waals surface area contributed by atoms with Crippen molar-refractivity contribution in [2.45, 2.75) is 11.8 Å². The molecule has 1 aliphatic rings. The Bertz CT molecular complexity index is 833. The molecule has 2 N–H and O–H groups in total. The third-order valence-electron chi connectivity index (χ3n) is 3.78. The SMILES string of the molecule is CCOc1cc(/C=C2\SCNC2=O)cc(-c2ccccc2SC)c1O. The summed E-state index contributed by atoms with van der Waals surface area (Å²) in [7, 11) is 0. The van der Waals surface area contributed by atoms with Gasteiger partial charge >= 0.3 is 0 Å². The Morgan fingerprint density at radius 2 is 2.12 bits per heavy atom. The average Bonchev–Trinajstić information content (AvgIpc) is 3.02. The number of aromatic hydroxyl groups is 1. The minimum Gasteiger partial charge on any atom is -0.504 e. The summed E-state index contributed by atoms with van der Waals surface area (Å²) in [5.41, 5.74) is 2.47. The zero-order chi connectivity index (χ0) is 17.8. The lowest BCUT2D eigenvalue weighted by molar-refractivity contribution is -0.116. The van der Waals surface area contributed by atoms with Crippen molar-refractivity contribution < 1.29 is 14.6 Å². The van der Waals surface area contributed by atoms with E-state index >= 15 is 0 Å². The second kappa shape index (κ2) is 7.89. The summed E-state index contributed by atoms with van der Waals surface area (Å²) in [5, 5.41) is 13.5. The van der Waals surface area contributed by atoms with Crippen LogP contribution in [0, 0.1) is 0 Å². The van der Waals surface area contributed by atoms with Crippen LogP contribution in [0.4, 0.5) is 0 Å². The molecule has 4 nitrogen and oxygen atoms in total. The summed E-state index contributed by atoms with van der Waals surface area (Å²) in [4.78, 5) is 13.6. The Kier molecular flexibility index (Phi) is 5.60. The van der Waals surface area contributed by atoms with E-state index in [0.29, 0.717) is 28.7 Å². The minimum absolute atomic E-state index is 0.0675. The second-order valence-corrected chi connectivity index (χ2v) is 7.22. The van der Waals surface area contributed by atoms with Gasteiger partial charge in [-0.05, 0) is 48.6 Å². The number of hydrogen-bond acceptors (Lipinski definition) is 5. The van der Waals surface area contributed by atoms with E-state index in [9.17, 15) is 9.90 Å². The molecule has 3 rings (SSSR count). The number of thioether (sulfide) groups is 2. The second-order valence-electron chi connectivity index (χ2n) is 5.35. The molecule has 1 fully saturated rings. The summed E-state index contributed by atoms with van der Waals surface area (Å²) in [5.74, 6) is 1.06. The molecular weight excluding hydrogens is 354 g/mol. The van der Waals surface area contributed by atoms with Crippen LogP contribution in [0.3, 0.4) is 0 Å². The molecule has 0 spiro atoms. The maximum atomic E-state index is 11.8. The highest BCUT2D eigenvalue weighted by atomic mass is 32.2. The van der Waals surface area contributed by atoms with Crippen molar-refractivity contribution in [2.24, 2.45) is 0 Å². The van der Waals surface area contributed by atoms with Crippen LogP contribution in [0.5, 0.6) is 11.5 Å². The lowest BCUT2D eigenvalue weighted by atomic mass is 10.0. The summed E-state index contributed by atoms with van der Waals surface area (Å²) in [6.07, 6.45) is 3.84. The highest BCUT2D eigenvalue weighted by molar-refractivity contribution is 8.04. The Hall–Kier alpha value is -2.05. The fourth-order valence-electron chi connectivity index (χ4n) is 2.64. The number of amides is 1. The smallest absolute Gasteiger partial charge is 0.258 e. The summed E-state index contributed by atoms with van der Waals surface area (Å²) >= 11 is 3.09. The predicted molar refractivity (Wildman–Crippen MR) is 105 cm³/mol. The van der Waals surface area contributed by atoms with Crippen LogP contribution in [-0.2, 0) is 4.79 Å². The molecule has 0 aromatic heterocycles. The van der Waals surface area contributed by atoms with Gasteiger partial charge in [-0.15, -0.1) is 11.8 Å². The lowest BCUT2D eigenvalue weighted by Gasteiger charge is -2.14. The third-order valence-corrected chi connectivity index (χ3v) is 5.47. The van der Waals surface area contributed by atoms with Gasteiger partial charge in [0.1, 0.15) is 0 Å². The minimum atomic E-state index is -0.0675. The van der Waals surface area contributed by atoms with E-state index in [2.05, 4.69) is 5.32 Å². The van der Waals surface area contributed by atoms with E-state index in [1.807, 2.05) is 49.6 Å². The van der Waals surface area contributed by atoms with Crippen LogP contribution in [0.25, 0.3) is 17.2 Å². The fourth-order valence-corrected chi connectivity index (χ4v) is 4.04. The fraction of sp³-hybridized carbons (Fsp3) is 0.211. The topological polar surface area (TPSA) is 58.6 Å². The molecule has 0 bridgehead atoms. The van der Waals surface area contributed by atoms with Crippen LogP contribution < -0.4 is 10.1 Å². The Balaban J connectivity index is 2.15. The van der Waals surface area contributed by atoms with E-state index in [-0.39, 0.29) is 11.7 Å². The van der Waals surface area contributed by atoms with Crippen molar-refractivity contribution in [2.75, 3.05) is 18.7 Å². The largest absolute Gasteiger partial charge is 0.504 e. The zero-order valence-corrected chi connectivity index (χ0v) is 15.7. The van der Waals surface area contributed by atoms with Crippen molar-refractivity contribution >= 4 is 35.5 Å². The van der Waals surface area contributed by atoms with Crippen LogP contribution in [0.15, 0.2) is 46.2 Å². The van der Waals surface area contributed by atoms with Crippen LogP contribution >= 0.6 is 23.5 Å². The third kappa shape index (κ3) is 3.80. The molecule has 130 valence electrons. The molecule has 25 heavy (non-hydrogen) atoms. The molecule has 1 aliphatic heterocycles. The number of phenolic OH excluding ortho intramolecular Hbond substituents is 1. The number of benzene rings is 2. The average molecular weight is 373 g/mol. The zero-order valence-electron chi connectivity index (χ0n) is 14.0. The number of ether oxygens (including phenoxy) is 1. The van der Waals surface area contributed by atoms with E-state index in [1.54, 1.807) is 17.8 Å². The first-order valence-corrected chi connectivity index (χ1v) is 10.1. The normalized spacial score (nSPS) is 15.4. The quantitative estimate of drug-likeness (QED) is 0.603. The van der Waals surface area contributed by atoms with Crippen molar-refractivity contribution in [1.82, 2.24) is 5.32 Å². The van der Waals surface area contributed by atoms with Gasteiger partial charge in [-0.2, -0.15) is 0 Å². The maximum Gasteiger partial charge on any atom is 0.258 e. The van der Waals surface area contributed by atoms with E-state index in [4.69, 9.17) is 4.74 Å². The van der Waals surface area contributed by atoms with Crippen molar-refractivity contribution in [3.05, 3.63) is 46.9 Å². The highest BCUT2D eigenvalue weighted by Gasteiger charge is 2.19. The molecule has 6 heteroatoms. The summed E-state index contributed by atoms with van der Waals surface area (Å²) < 4.78 is 5.61. The van der Waals surface area contributed by atoms with Crippen molar-refractivity contribution in [3.8, 4) is 22.6 Å². The first-order valence-electron chi connectivity index (χ1n) is 7.90. The molecule has 1 heterocycles. The Morgan fingerprint density at radius 1 is 1.32 bits per heavy atom. The van der Waals surface area contributed by atoms with E-state index in [1.165, 1.54) is 11.8 Å². The molecule has 0 aliphatic carbocycles. The van der Waals surface area contributed by atoms with Gasteiger partial charge in [-0.3, -0.25) is 4.79 Å². The molecule has 0 saturated carbocycles. The number of hydrogen-bond donors (Lipinski definition) is 2. The number of rotatable bonds is 5. The first-order chi connectivity index (χ1) is 12.1. The van der Waals surface area contributed by atoms with Gasteiger partial charge in [0.2, 0.25) is 0 Å². The van der Waals surface area contributed by atoms with Crippen LogP contribution in [-0.4, -0.2) is 29.8 Å². The Labute approximate surface area is 155 Å². The van der Waals surface area contributed by atoms with Gasteiger partial charge in [0, 0.05) is 10.5 Å². The van der Waals surface area contributed by atoms with Crippen molar-refractivity contribution in [3.63, 3.8) is 0 Å². The molecule has 2 aromatic rings. The van der Waals surface area contributed by atoms with Gasteiger partial charge in [-0.25, -0.2) is 0 Å². The lowest BCUT2D eigenvalue weighted by Crippen LogP contribution is -2.13. The van der Waals surface area contributed by atoms with Gasteiger partial charge < -0.3 is 15.2 Å². The number of carbonyl (C=O) groups is 1. The number of carbonyl (C=O) groups excluding carboxylic acids is 1. The molecule has 2 aromatic carbocycles. The molecule has 1 saturated heterocycles. The predicted octanol–water partition coefficient (Wildman–Crippen LogP) is 4.34. The van der Waals surface area contributed by atoms with Gasteiger partial charge in [-0.1, -0.05) is 30.0 Å². The van der Waals surface area contributed by atoms with Gasteiger partial charge in [0.25, 0.3) is 5.91 Å². The summed E-state index contributed by atoms with van der Waals surface area (Å²) in [6, 6.07) is 11.6. The summed E-state index contributed by atoms with van der Waals surface area (Å²) in [6.45, 7) is 2.33. The highest BCUT2D eigenvalue weighted by Crippen LogP contribution is 2.42. The standard InChI is InChI=1S/C19H19NO3S2/c1-3-23-15-9-12(10-17-19(22)20-11-25-17)8-14(18(15)21)13-6-4-5-7-16(13)24-2/h4-10,21H,3,11H2,1-2H3,(H,20,22)/b17-10-. The van der Waals surface area contributed by atoms with Gasteiger partial charge in [0.05, 0.1) is 17.4 Å².